The van der Waals surface area contributed by atoms with Crippen molar-refractivity contribution in [3.63, 3.8) is 0 Å². The van der Waals surface area contributed by atoms with Crippen LogP contribution in [0.5, 0.6) is 0 Å². The fourth-order valence-electron chi connectivity index (χ4n) is 1.26. The molecule has 0 saturated carbocycles. The number of halogens is 1. The van der Waals surface area contributed by atoms with E-state index in [-0.39, 0.29) is 5.69 Å². The van der Waals surface area contributed by atoms with Gasteiger partial charge in [-0.15, -0.1) is 0 Å². The predicted octanol–water partition coefficient (Wildman–Crippen LogP) is 1.65. The number of hydrogen-bond acceptors (Lipinski definition) is 4. The summed E-state index contributed by atoms with van der Waals surface area (Å²) in [4.78, 5) is 3.88. The fourth-order valence-corrected chi connectivity index (χ4v) is 1.41. The van der Waals surface area contributed by atoms with Crippen LogP contribution in [0.1, 0.15) is 17.5 Å². The van der Waals surface area contributed by atoms with Gasteiger partial charge in [0.15, 0.2) is 12.0 Å². The Morgan fingerprint density at radius 2 is 2.14 bits per heavy atom. The molecule has 1 aromatic rings. The first kappa shape index (κ1) is 9.41. The largest absolute Gasteiger partial charge is 0.346 e. The maximum Gasteiger partial charge on any atom is 0.186 e. The summed E-state index contributed by atoms with van der Waals surface area (Å²) >= 11 is 5.66. The van der Waals surface area contributed by atoms with E-state index in [2.05, 4.69) is 4.98 Å². The van der Waals surface area contributed by atoms with Crippen molar-refractivity contribution in [2.24, 2.45) is 0 Å². The molecule has 1 saturated heterocycles. The van der Waals surface area contributed by atoms with Gasteiger partial charge in [-0.3, -0.25) is 0 Å². The average Bonchev–Trinajstić information content (AvgIpc) is 2.70. The van der Waals surface area contributed by atoms with E-state index in [1.54, 1.807) is 12.1 Å². The number of aromatic nitrogens is 1. The number of hydrogen-bond donors (Lipinski definition) is 0. The van der Waals surface area contributed by atoms with E-state index in [0.717, 1.165) is 0 Å². The minimum absolute atomic E-state index is 0.254. The van der Waals surface area contributed by atoms with Gasteiger partial charge in [0.05, 0.1) is 13.2 Å². The second-order valence-corrected chi connectivity index (χ2v) is 3.14. The van der Waals surface area contributed by atoms with Crippen LogP contribution in [0.15, 0.2) is 12.1 Å². The monoisotopic (exact) mass is 210 g/mol. The molecule has 1 fully saturated rings. The molecule has 1 aromatic heterocycles. The van der Waals surface area contributed by atoms with Gasteiger partial charge in [0.25, 0.3) is 0 Å². The van der Waals surface area contributed by atoms with Gasteiger partial charge in [-0.05, 0) is 12.1 Å². The van der Waals surface area contributed by atoms with Crippen molar-refractivity contribution in [1.82, 2.24) is 4.98 Å². The molecule has 0 amide bonds. The third kappa shape index (κ3) is 1.70. The molecule has 0 radical (unpaired) electrons. The Balaban J connectivity index is 2.37. The van der Waals surface area contributed by atoms with Crippen molar-refractivity contribution in [2.45, 2.75) is 6.29 Å². The Morgan fingerprint density at radius 3 is 2.79 bits per heavy atom. The van der Waals surface area contributed by atoms with Crippen LogP contribution in [0, 0.1) is 11.3 Å². The van der Waals surface area contributed by atoms with Crippen LogP contribution in [0.25, 0.3) is 0 Å². The molecule has 1 aliphatic rings. The molecule has 14 heavy (non-hydrogen) atoms. The van der Waals surface area contributed by atoms with Crippen molar-refractivity contribution in [3.05, 3.63) is 28.5 Å². The summed E-state index contributed by atoms with van der Waals surface area (Å²) in [5.74, 6) is 0. The molecule has 0 atom stereocenters. The maximum absolute atomic E-state index is 8.82. The number of pyridine rings is 1. The van der Waals surface area contributed by atoms with Gasteiger partial charge < -0.3 is 9.47 Å². The molecule has 4 nitrogen and oxygen atoms in total. The molecule has 0 N–H and O–H groups in total. The van der Waals surface area contributed by atoms with Crippen molar-refractivity contribution in [3.8, 4) is 6.07 Å². The Bertz CT molecular complexity index is 383. The van der Waals surface area contributed by atoms with E-state index in [0.29, 0.717) is 23.9 Å². The molecule has 0 spiro atoms. The fraction of sp³-hybridized carbons (Fsp3) is 0.333. The number of ether oxygens (including phenoxy) is 2. The van der Waals surface area contributed by atoms with Crippen LogP contribution in [0.3, 0.4) is 0 Å². The summed E-state index contributed by atoms with van der Waals surface area (Å²) in [5.41, 5.74) is 0.888. The molecular formula is C9H7ClN2O2. The normalized spacial score (nSPS) is 16.9. The van der Waals surface area contributed by atoms with Crippen molar-refractivity contribution in [1.29, 1.82) is 5.26 Å². The molecule has 2 heterocycles. The second-order valence-electron chi connectivity index (χ2n) is 2.76. The van der Waals surface area contributed by atoms with Crippen molar-refractivity contribution >= 4 is 11.6 Å². The number of nitriles is 1. The summed E-state index contributed by atoms with van der Waals surface area (Å²) in [5, 5.41) is 9.12. The van der Waals surface area contributed by atoms with Gasteiger partial charge in [0.2, 0.25) is 0 Å². The molecule has 0 aliphatic carbocycles. The topological polar surface area (TPSA) is 55.1 Å². The molecule has 1 aliphatic heterocycles. The predicted molar refractivity (Wildman–Crippen MR) is 48.6 cm³/mol. The first-order chi connectivity index (χ1) is 6.81. The highest BCUT2D eigenvalue weighted by Crippen LogP contribution is 2.25. The lowest BCUT2D eigenvalue weighted by Crippen LogP contribution is -2.02. The molecule has 72 valence electrons. The van der Waals surface area contributed by atoms with E-state index < -0.39 is 6.29 Å². The zero-order valence-corrected chi connectivity index (χ0v) is 7.99. The quantitative estimate of drug-likeness (QED) is 0.662. The van der Waals surface area contributed by atoms with Crippen LogP contribution in [-0.4, -0.2) is 18.2 Å². The summed E-state index contributed by atoms with van der Waals surface area (Å²) < 4.78 is 10.5. The lowest BCUT2D eigenvalue weighted by Gasteiger charge is -2.09. The Labute approximate surface area is 86.0 Å². The van der Waals surface area contributed by atoms with E-state index in [1.807, 2.05) is 6.07 Å². The SMILES string of the molecule is N#Cc1nc(Cl)ccc1C1OCCO1. The highest BCUT2D eigenvalue weighted by atomic mass is 35.5. The maximum atomic E-state index is 8.82. The molecule has 5 heteroatoms. The van der Waals surface area contributed by atoms with Crippen LogP contribution >= 0.6 is 11.6 Å². The summed E-state index contributed by atoms with van der Waals surface area (Å²) in [6.45, 7) is 1.08. The number of nitrogens with zero attached hydrogens (tertiary/aromatic N) is 2. The highest BCUT2D eigenvalue weighted by Gasteiger charge is 2.22. The Morgan fingerprint density at radius 1 is 1.43 bits per heavy atom. The van der Waals surface area contributed by atoms with Crippen molar-refractivity contribution < 1.29 is 9.47 Å². The van der Waals surface area contributed by atoms with Gasteiger partial charge in [-0.1, -0.05) is 11.6 Å². The average molecular weight is 211 g/mol. The highest BCUT2D eigenvalue weighted by molar-refractivity contribution is 6.29. The Hall–Kier alpha value is -1.15. The number of rotatable bonds is 1. The van der Waals surface area contributed by atoms with Crippen LogP contribution in [0.2, 0.25) is 5.15 Å². The smallest absolute Gasteiger partial charge is 0.186 e. The molecular weight excluding hydrogens is 204 g/mol. The van der Waals surface area contributed by atoms with Crippen LogP contribution in [0.4, 0.5) is 0 Å². The van der Waals surface area contributed by atoms with E-state index >= 15 is 0 Å². The van der Waals surface area contributed by atoms with E-state index in [4.69, 9.17) is 26.3 Å². The summed E-state index contributed by atoms with van der Waals surface area (Å²) in [6, 6.07) is 5.27. The minimum atomic E-state index is -0.477. The first-order valence-electron chi connectivity index (χ1n) is 4.11. The van der Waals surface area contributed by atoms with Gasteiger partial charge in [0.1, 0.15) is 11.2 Å². The molecule has 0 unspecified atom stereocenters. The zero-order valence-electron chi connectivity index (χ0n) is 7.24. The third-order valence-electron chi connectivity index (χ3n) is 1.87. The lowest BCUT2D eigenvalue weighted by molar-refractivity contribution is -0.0445. The van der Waals surface area contributed by atoms with Crippen LogP contribution in [-0.2, 0) is 9.47 Å². The van der Waals surface area contributed by atoms with E-state index in [1.165, 1.54) is 0 Å². The van der Waals surface area contributed by atoms with Crippen molar-refractivity contribution in [2.75, 3.05) is 13.2 Å². The summed E-state index contributed by atoms with van der Waals surface area (Å²) in [6.07, 6.45) is -0.477. The van der Waals surface area contributed by atoms with Gasteiger partial charge in [0, 0.05) is 5.56 Å². The Kier molecular flexibility index (Phi) is 2.64. The summed E-state index contributed by atoms with van der Waals surface area (Å²) in [7, 11) is 0. The van der Waals surface area contributed by atoms with Crippen LogP contribution < -0.4 is 0 Å². The van der Waals surface area contributed by atoms with Gasteiger partial charge in [-0.2, -0.15) is 5.26 Å². The second kappa shape index (κ2) is 3.93. The third-order valence-corrected chi connectivity index (χ3v) is 2.08. The lowest BCUT2D eigenvalue weighted by atomic mass is 10.2. The van der Waals surface area contributed by atoms with Gasteiger partial charge in [-0.25, -0.2) is 4.98 Å². The zero-order chi connectivity index (χ0) is 9.97. The van der Waals surface area contributed by atoms with E-state index in [9.17, 15) is 0 Å². The molecule has 0 aromatic carbocycles. The minimum Gasteiger partial charge on any atom is -0.346 e. The van der Waals surface area contributed by atoms with Gasteiger partial charge >= 0.3 is 0 Å². The molecule has 2 rings (SSSR count). The molecule has 0 bridgehead atoms. The first-order valence-corrected chi connectivity index (χ1v) is 4.49. The standard InChI is InChI=1S/C9H7ClN2O2/c10-8-2-1-6(7(5-11)12-8)9-13-3-4-14-9/h1-2,9H,3-4H2.